The number of nitrogens with zero attached hydrogens (tertiary/aromatic N) is 1. The third-order valence-electron chi connectivity index (χ3n) is 2.94. The van der Waals surface area contributed by atoms with Crippen LogP contribution in [0, 0.1) is 6.92 Å². The van der Waals surface area contributed by atoms with Gasteiger partial charge in [0.25, 0.3) is 0 Å². The van der Waals surface area contributed by atoms with Gasteiger partial charge in [-0.25, -0.2) is 0 Å². The van der Waals surface area contributed by atoms with Crippen molar-refractivity contribution in [3.05, 3.63) is 50.4 Å². The number of hydrogen-bond acceptors (Lipinski definition) is 3. The summed E-state index contributed by atoms with van der Waals surface area (Å²) in [5.41, 5.74) is 2.59. The van der Waals surface area contributed by atoms with Crippen molar-refractivity contribution in [2.24, 2.45) is 0 Å². The summed E-state index contributed by atoms with van der Waals surface area (Å²) < 4.78 is 1.19. The van der Waals surface area contributed by atoms with Crippen LogP contribution in [-0.4, -0.2) is 11.5 Å². The van der Waals surface area contributed by atoms with E-state index < -0.39 is 0 Å². The first kappa shape index (κ1) is 13.7. The summed E-state index contributed by atoms with van der Waals surface area (Å²) >= 11 is 5.32. The van der Waals surface area contributed by atoms with E-state index in [-0.39, 0.29) is 0 Å². The largest absolute Gasteiger partial charge is 0.310 e. The molecule has 1 atom stereocenters. The van der Waals surface area contributed by atoms with E-state index in [1.165, 1.54) is 19.8 Å². The van der Waals surface area contributed by atoms with E-state index in [9.17, 15) is 0 Å². The van der Waals surface area contributed by atoms with Gasteiger partial charge in [-0.2, -0.15) is 0 Å². The molecule has 2 aromatic heterocycles. The Kier molecular flexibility index (Phi) is 4.92. The highest BCUT2D eigenvalue weighted by Crippen LogP contribution is 2.27. The lowest BCUT2D eigenvalue weighted by Crippen LogP contribution is -2.23. The molecule has 96 valence electrons. The number of rotatable bonds is 5. The van der Waals surface area contributed by atoms with Gasteiger partial charge in [0, 0.05) is 29.7 Å². The predicted octanol–water partition coefficient (Wildman–Crippen LogP) is 4.11. The third-order valence-corrected chi connectivity index (χ3v) is 4.59. The molecule has 1 unspecified atom stereocenters. The molecule has 0 bridgehead atoms. The summed E-state index contributed by atoms with van der Waals surface area (Å²) in [7, 11) is 0. The van der Waals surface area contributed by atoms with Gasteiger partial charge in [0.1, 0.15) is 0 Å². The van der Waals surface area contributed by atoms with Gasteiger partial charge in [0.2, 0.25) is 0 Å². The van der Waals surface area contributed by atoms with Crippen LogP contribution in [0.4, 0.5) is 0 Å². The minimum atomic E-state index is 0.342. The Hall–Kier alpha value is -0.710. The van der Waals surface area contributed by atoms with Crippen molar-refractivity contribution < 1.29 is 0 Å². The zero-order chi connectivity index (χ0) is 13.0. The fourth-order valence-electron chi connectivity index (χ4n) is 2.04. The highest BCUT2D eigenvalue weighted by molar-refractivity contribution is 9.11. The zero-order valence-electron chi connectivity index (χ0n) is 10.6. The number of likely N-dealkylation sites (N-methyl/N-ethyl adjacent to an activating group) is 1. The Balaban J connectivity index is 2.20. The van der Waals surface area contributed by atoms with Gasteiger partial charge >= 0.3 is 0 Å². The highest BCUT2D eigenvalue weighted by Gasteiger charge is 2.14. The molecule has 0 saturated carbocycles. The molecule has 0 aliphatic heterocycles. The van der Waals surface area contributed by atoms with Gasteiger partial charge in [-0.3, -0.25) is 4.98 Å². The van der Waals surface area contributed by atoms with Crippen molar-refractivity contribution in [1.29, 1.82) is 0 Å². The van der Waals surface area contributed by atoms with E-state index in [1.807, 2.05) is 12.4 Å². The number of nitrogens with one attached hydrogen (secondary N) is 1. The fraction of sp³-hybridized carbons (Fsp3) is 0.357. The van der Waals surface area contributed by atoms with Crippen LogP contribution in [0.15, 0.2) is 34.4 Å². The molecule has 2 rings (SSSR count). The van der Waals surface area contributed by atoms with Crippen LogP contribution in [0.2, 0.25) is 0 Å². The second-order valence-corrected chi connectivity index (χ2v) is 6.80. The SMILES string of the molecule is CCNC(Cc1ccc(Br)s1)c1cnccc1C. The number of hydrogen-bond donors (Lipinski definition) is 1. The van der Waals surface area contributed by atoms with E-state index in [1.54, 1.807) is 11.3 Å². The molecular weight excluding hydrogens is 308 g/mol. The fourth-order valence-corrected chi connectivity index (χ4v) is 3.57. The van der Waals surface area contributed by atoms with Crippen molar-refractivity contribution in [2.75, 3.05) is 6.54 Å². The van der Waals surface area contributed by atoms with Gasteiger partial charge in [0.05, 0.1) is 3.79 Å². The first-order valence-corrected chi connectivity index (χ1v) is 7.69. The van der Waals surface area contributed by atoms with E-state index >= 15 is 0 Å². The standard InChI is InChI=1S/C14H17BrN2S/c1-3-17-13(8-11-4-5-14(15)18-11)12-9-16-7-6-10(12)2/h4-7,9,13,17H,3,8H2,1-2H3. The second kappa shape index (κ2) is 6.45. The summed E-state index contributed by atoms with van der Waals surface area (Å²) in [6, 6.07) is 6.71. The van der Waals surface area contributed by atoms with Gasteiger partial charge in [-0.05, 0) is 58.7 Å². The first-order chi connectivity index (χ1) is 8.70. The molecule has 2 heterocycles. The molecule has 2 aromatic rings. The number of aryl methyl sites for hydroxylation is 1. The lowest BCUT2D eigenvalue weighted by atomic mass is 10.0. The molecule has 0 saturated heterocycles. The van der Waals surface area contributed by atoms with Crippen LogP contribution in [-0.2, 0) is 6.42 Å². The minimum Gasteiger partial charge on any atom is -0.310 e. The van der Waals surface area contributed by atoms with Gasteiger partial charge in [-0.15, -0.1) is 11.3 Å². The molecule has 0 aliphatic carbocycles. The van der Waals surface area contributed by atoms with Gasteiger partial charge < -0.3 is 5.32 Å². The molecule has 2 nitrogen and oxygen atoms in total. The minimum absolute atomic E-state index is 0.342. The molecule has 0 fully saturated rings. The molecule has 0 radical (unpaired) electrons. The van der Waals surface area contributed by atoms with Crippen molar-refractivity contribution in [3.8, 4) is 0 Å². The van der Waals surface area contributed by atoms with Gasteiger partial charge in [-0.1, -0.05) is 6.92 Å². The molecule has 0 amide bonds. The van der Waals surface area contributed by atoms with Crippen molar-refractivity contribution in [1.82, 2.24) is 10.3 Å². The summed E-state index contributed by atoms with van der Waals surface area (Å²) in [4.78, 5) is 5.63. The van der Waals surface area contributed by atoms with Crippen LogP contribution in [0.1, 0.15) is 29.0 Å². The Morgan fingerprint density at radius 1 is 1.39 bits per heavy atom. The molecule has 18 heavy (non-hydrogen) atoms. The molecule has 0 spiro atoms. The quantitative estimate of drug-likeness (QED) is 0.895. The number of aromatic nitrogens is 1. The Labute approximate surface area is 121 Å². The van der Waals surface area contributed by atoms with E-state index in [2.05, 4.69) is 58.3 Å². The second-order valence-electron chi connectivity index (χ2n) is 4.25. The van der Waals surface area contributed by atoms with Crippen molar-refractivity contribution in [3.63, 3.8) is 0 Å². The van der Waals surface area contributed by atoms with Crippen LogP contribution < -0.4 is 5.32 Å². The molecule has 4 heteroatoms. The highest BCUT2D eigenvalue weighted by atomic mass is 79.9. The molecule has 0 aliphatic rings. The molecule has 1 N–H and O–H groups in total. The van der Waals surface area contributed by atoms with E-state index in [0.717, 1.165) is 13.0 Å². The summed E-state index contributed by atoms with van der Waals surface area (Å²) in [5.74, 6) is 0. The Morgan fingerprint density at radius 3 is 2.83 bits per heavy atom. The maximum absolute atomic E-state index is 4.25. The molecule has 0 aromatic carbocycles. The molecular formula is C14H17BrN2S. The number of pyridine rings is 1. The zero-order valence-corrected chi connectivity index (χ0v) is 13.0. The lowest BCUT2D eigenvalue weighted by molar-refractivity contribution is 0.549. The maximum Gasteiger partial charge on any atom is 0.0701 e. The average Bonchev–Trinajstić information content (AvgIpc) is 2.75. The van der Waals surface area contributed by atoms with Gasteiger partial charge in [0.15, 0.2) is 0 Å². The van der Waals surface area contributed by atoms with Crippen molar-refractivity contribution in [2.45, 2.75) is 26.3 Å². The van der Waals surface area contributed by atoms with Crippen molar-refractivity contribution >= 4 is 27.3 Å². The smallest absolute Gasteiger partial charge is 0.0701 e. The Bertz CT molecular complexity index is 510. The lowest BCUT2D eigenvalue weighted by Gasteiger charge is -2.19. The summed E-state index contributed by atoms with van der Waals surface area (Å²) in [5, 5.41) is 3.55. The number of halogens is 1. The summed E-state index contributed by atoms with van der Waals surface area (Å²) in [6.07, 6.45) is 4.84. The maximum atomic E-state index is 4.25. The van der Waals surface area contributed by atoms with E-state index in [4.69, 9.17) is 0 Å². The van der Waals surface area contributed by atoms with Crippen LogP contribution in [0.3, 0.4) is 0 Å². The number of thiophene rings is 1. The average molecular weight is 325 g/mol. The Morgan fingerprint density at radius 2 is 2.22 bits per heavy atom. The van der Waals surface area contributed by atoms with E-state index in [0.29, 0.717) is 6.04 Å². The van der Waals surface area contributed by atoms with Crippen LogP contribution in [0.5, 0.6) is 0 Å². The third kappa shape index (κ3) is 3.40. The topological polar surface area (TPSA) is 24.9 Å². The van der Waals surface area contributed by atoms with Crippen LogP contribution >= 0.6 is 27.3 Å². The normalized spacial score (nSPS) is 12.6. The van der Waals surface area contributed by atoms with Crippen LogP contribution in [0.25, 0.3) is 0 Å². The summed E-state index contributed by atoms with van der Waals surface area (Å²) in [6.45, 7) is 5.25. The monoisotopic (exact) mass is 324 g/mol. The predicted molar refractivity (Wildman–Crippen MR) is 81.1 cm³/mol. The first-order valence-electron chi connectivity index (χ1n) is 6.08.